The molecule has 3 nitrogen and oxygen atoms in total. The number of aliphatic hydroxyl groups is 1. The summed E-state index contributed by atoms with van der Waals surface area (Å²) in [5, 5.41) is 16.6. The SMILES string of the molecule is CC1CC(=C(c2ccc(O)cc2)c2ccc(CC=O)cc2)CC(C)C1.CO. The predicted octanol–water partition coefficient (Wildman–Crippen LogP) is 5.00. The van der Waals surface area contributed by atoms with E-state index in [1.54, 1.807) is 12.1 Å². The number of benzene rings is 2. The van der Waals surface area contributed by atoms with Gasteiger partial charge in [0.25, 0.3) is 0 Å². The molecule has 3 heteroatoms. The molecule has 1 aliphatic rings. The number of aromatic hydroxyl groups is 1. The molecule has 3 rings (SSSR count). The van der Waals surface area contributed by atoms with Crippen molar-refractivity contribution in [2.45, 2.75) is 39.5 Å². The van der Waals surface area contributed by atoms with Crippen LogP contribution < -0.4 is 0 Å². The van der Waals surface area contributed by atoms with Crippen LogP contribution in [0.1, 0.15) is 49.8 Å². The van der Waals surface area contributed by atoms with Crippen LogP contribution in [0.5, 0.6) is 5.75 Å². The van der Waals surface area contributed by atoms with Crippen LogP contribution in [0.2, 0.25) is 0 Å². The van der Waals surface area contributed by atoms with Gasteiger partial charge in [0.15, 0.2) is 0 Å². The van der Waals surface area contributed by atoms with E-state index in [4.69, 9.17) is 5.11 Å². The summed E-state index contributed by atoms with van der Waals surface area (Å²) in [6.45, 7) is 4.66. The van der Waals surface area contributed by atoms with E-state index < -0.39 is 0 Å². The Labute approximate surface area is 162 Å². The first-order chi connectivity index (χ1) is 13.1. The summed E-state index contributed by atoms with van der Waals surface area (Å²) in [5.41, 5.74) is 6.17. The number of hydrogen-bond acceptors (Lipinski definition) is 3. The molecule has 0 aromatic heterocycles. The van der Waals surface area contributed by atoms with Crippen molar-refractivity contribution >= 4 is 11.9 Å². The Bertz CT molecular complexity index is 745. The molecular formula is C24H30O3. The number of phenols is 1. The van der Waals surface area contributed by atoms with E-state index in [1.807, 2.05) is 24.3 Å². The van der Waals surface area contributed by atoms with Gasteiger partial charge in [0.05, 0.1) is 0 Å². The Kier molecular flexibility index (Phi) is 7.81. The van der Waals surface area contributed by atoms with Crippen LogP contribution in [0.4, 0.5) is 0 Å². The fourth-order valence-electron chi connectivity index (χ4n) is 4.09. The summed E-state index contributed by atoms with van der Waals surface area (Å²) >= 11 is 0. The van der Waals surface area contributed by atoms with Gasteiger partial charge in [-0.1, -0.05) is 55.8 Å². The van der Waals surface area contributed by atoms with Crippen LogP contribution in [-0.4, -0.2) is 23.6 Å². The molecule has 2 aromatic carbocycles. The van der Waals surface area contributed by atoms with E-state index >= 15 is 0 Å². The predicted molar refractivity (Wildman–Crippen MR) is 111 cm³/mol. The molecule has 2 N–H and O–H groups in total. The molecule has 27 heavy (non-hydrogen) atoms. The van der Waals surface area contributed by atoms with E-state index in [0.717, 1.165) is 37.4 Å². The minimum Gasteiger partial charge on any atom is -0.508 e. The van der Waals surface area contributed by atoms with Crippen LogP contribution in [0.15, 0.2) is 54.1 Å². The Hall–Kier alpha value is -2.39. The number of phenolic OH excluding ortho intramolecular Hbond substituents is 1. The molecule has 2 unspecified atom stereocenters. The minimum atomic E-state index is 0.291. The van der Waals surface area contributed by atoms with Gasteiger partial charge < -0.3 is 15.0 Å². The number of hydrogen-bond donors (Lipinski definition) is 2. The summed E-state index contributed by atoms with van der Waals surface area (Å²) in [4.78, 5) is 10.7. The van der Waals surface area contributed by atoms with E-state index in [0.29, 0.717) is 24.0 Å². The third-order valence-corrected chi connectivity index (χ3v) is 5.07. The molecule has 2 aromatic rings. The lowest BCUT2D eigenvalue weighted by atomic mass is 9.76. The fourth-order valence-corrected chi connectivity index (χ4v) is 4.09. The lowest BCUT2D eigenvalue weighted by Gasteiger charge is -2.29. The van der Waals surface area contributed by atoms with Crippen LogP contribution in [0, 0.1) is 11.8 Å². The van der Waals surface area contributed by atoms with Gasteiger partial charge in [-0.15, -0.1) is 0 Å². The van der Waals surface area contributed by atoms with Gasteiger partial charge in [-0.25, -0.2) is 0 Å². The van der Waals surface area contributed by atoms with Gasteiger partial charge in [-0.3, -0.25) is 0 Å². The highest BCUT2D eigenvalue weighted by molar-refractivity contribution is 5.82. The highest BCUT2D eigenvalue weighted by Crippen LogP contribution is 2.39. The van der Waals surface area contributed by atoms with Crippen LogP contribution in [0.25, 0.3) is 5.57 Å². The van der Waals surface area contributed by atoms with Gasteiger partial charge in [-0.05, 0) is 65.5 Å². The summed E-state index contributed by atoms with van der Waals surface area (Å²) < 4.78 is 0. The Morgan fingerprint density at radius 3 is 1.89 bits per heavy atom. The van der Waals surface area contributed by atoms with Gasteiger partial charge >= 0.3 is 0 Å². The molecule has 144 valence electrons. The first-order valence-electron chi connectivity index (χ1n) is 9.56. The van der Waals surface area contributed by atoms with Crippen molar-refractivity contribution in [3.63, 3.8) is 0 Å². The zero-order chi connectivity index (χ0) is 19.8. The number of aldehydes is 1. The maximum atomic E-state index is 10.7. The molecule has 0 bridgehead atoms. The first-order valence-corrected chi connectivity index (χ1v) is 9.56. The number of carbonyl (C=O) groups excluding carboxylic acids is 1. The van der Waals surface area contributed by atoms with Crippen molar-refractivity contribution in [2.75, 3.05) is 7.11 Å². The fraction of sp³-hybridized carbons (Fsp3) is 0.375. The van der Waals surface area contributed by atoms with Crippen molar-refractivity contribution in [1.29, 1.82) is 0 Å². The average Bonchev–Trinajstić information content (AvgIpc) is 2.66. The molecule has 0 saturated heterocycles. The second-order valence-corrected chi connectivity index (χ2v) is 7.45. The number of allylic oxidation sites excluding steroid dienone is 1. The molecule has 0 spiro atoms. The Morgan fingerprint density at radius 2 is 1.41 bits per heavy atom. The summed E-state index contributed by atoms with van der Waals surface area (Å²) in [6, 6.07) is 15.8. The van der Waals surface area contributed by atoms with E-state index in [2.05, 4.69) is 26.0 Å². The third-order valence-electron chi connectivity index (χ3n) is 5.07. The van der Waals surface area contributed by atoms with Crippen molar-refractivity contribution in [2.24, 2.45) is 11.8 Å². The van der Waals surface area contributed by atoms with Crippen molar-refractivity contribution in [3.8, 4) is 5.75 Å². The third kappa shape index (κ3) is 5.54. The highest BCUT2D eigenvalue weighted by atomic mass is 16.3. The number of rotatable bonds is 4. The van der Waals surface area contributed by atoms with Crippen molar-refractivity contribution in [3.05, 3.63) is 70.8 Å². The van der Waals surface area contributed by atoms with Crippen LogP contribution >= 0.6 is 0 Å². The van der Waals surface area contributed by atoms with E-state index in [-0.39, 0.29) is 0 Å². The Balaban J connectivity index is 0.00000126. The topological polar surface area (TPSA) is 57.5 Å². The van der Waals surface area contributed by atoms with Gasteiger partial charge in [-0.2, -0.15) is 0 Å². The quantitative estimate of drug-likeness (QED) is 0.749. The molecule has 0 aliphatic heterocycles. The maximum absolute atomic E-state index is 10.7. The van der Waals surface area contributed by atoms with Gasteiger partial charge in [0.2, 0.25) is 0 Å². The highest BCUT2D eigenvalue weighted by Gasteiger charge is 2.23. The monoisotopic (exact) mass is 366 g/mol. The summed E-state index contributed by atoms with van der Waals surface area (Å²) in [5.74, 6) is 1.68. The molecule has 1 saturated carbocycles. The summed E-state index contributed by atoms with van der Waals surface area (Å²) in [7, 11) is 1.00. The molecule has 1 aliphatic carbocycles. The molecule has 0 radical (unpaired) electrons. The smallest absolute Gasteiger partial charge is 0.124 e. The summed E-state index contributed by atoms with van der Waals surface area (Å²) in [6.07, 6.45) is 4.93. The standard InChI is InChI=1S/C23H26O2.CH4O/c1-16-13-17(2)15-21(14-16)23(20-7-9-22(25)10-8-20)19-5-3-18(4-6-19)11-12-24;1-2/h3-10,12,16-17,25H,11,13-15H2,1-2H3;2H,1H3. The number of carbonyl (C=O) groups is 1. The second-order valence-electron chi connectivity index (χ2n) is 7.45. The van der Waals surface area contributed by atoms with Gasteiger partial charge in [0, 0.05) is 13.5 Å². The zero-order valence-corrected chi connectivity index (χ0v) is 16.5. The molecule has 1 fully saturated rings. The van der Waals surface area contributed by atoms with Crippen molar-refractivity contribution in [1.82, 2.24) is 0 Å². The molecular weight excluding hydrogens is 336 g/mol. The maximum Gasteiger partial charge on any atom is 0.124 e. The zero-order valence-electron chi connectivity index (χ0n) is 16.5. The largest absolute Gasteiger partial charge is 0.508 e. The van der Waals surface area contributed by atoms with E-state index in [9.17, 15) is 9.90 Å². The van der Waals surface area contributed by atoms with E-state index in [1.165, 1.54) is 23.1 Å². The van der Waals surface area contributed by atoms with Gasteiger partial charge in [0.1, 0.15) is 12.0 Å². The average molecular weight is 367 g/mol. The lowest BCUT2D eigenvalue weighted by Crippen LogP contribution is -2.14. The van der Waals surface area contributed by atoms with Crippen LogP contribution in [0.3, 0.4) is 0 Å². The van der Waals surface area contributed by atoms with Crippen LogP contribution in [-0.2, 0) is 11.2 Å². The molecule has 0 amide bonds. The molecule has 2 atom stereocenters. The molecule has 0 heterocycles. The second kappa shape index (κ2) is 10.1. The van der Waals surface area contributed by atoms with Crippen molar-refractivity contribution < 1.29 is 15.0 Å². The Morgan fingerprint density at radius 1 is 0.926 bits per heavy atom. The normalized spacial score (nSPS) is 19.0. The first kappa shape index (κ1) is 20.9. The lowest BCUT2D eigenvalue weighted by molar-refractivity contribution is -0.107. The number of aliphatic hydroxyl groups excluding tert-OH is 1. The minimum absolute atomic E-state index is 0.291.